The highest BCUT2D eigenvalue weighted by molar-refractivity contribution is 7.26. The van der Waals surface area contributed by atoms with Gasteiger partial charge in [0.15, 0.2) is 0 Å². The number of benzene rings is 5. The van der Waals surface area contributed by atoms with Gasteiger partial charge in [-0.2, -0.15) is 0 Å². The molecule has 0 amide bonds. The van der Waals surface area contributed by atoms with Crippen molar-refractivity contribution in [1.29, 1.82) is 0 Å². The summed E-state index contributed by atoms with van der Waals surface area (Å²) in [6.07, 6.45) is 0. The van der Waals surface area contributed by atoms with Crippen molar-refractivity contribution < 1.29 is 0 Å². The van der Waals surface area contributed by atoms with Crippen LogP contribution in [-0.4, -0.2) is 4.57 Å². The van der Waals surface area contributed by atoms with Crippen LogP contribution in [0, 0.1) is 13.8 Å². The van der Waals surface area contributed by atoms with Crippen LogP contribution in [0.15, 0.2) is 103 Å². The number of thiophene rings is 1. The van der Waals surface area contributed by atoms with E-state index >= 15 is 0 Å². The van der Waals surface area contributed by atoms with Gasteiger partial charge in [-0.05, 0) is 60.9 Å². The first kappa shape index (κ1) is 19.6. The molecule has 7 aromatic rings. The molecular formula is C32H23NS. The van der Waals surface area contributed by atoms with Crippen molar-refractivity contribution in [2.75, 3.05) is 0 Å². The average Bonchev–Trinajstić information content (AvgIpc) is 3.40. The molecule has 0 aliphatic heterocycles. The van der Waals surface area contributed by atoms with E-state index in [0.29, 0.717) is 0 Å². The fraction of sp³-hybridized carbons (Fsp3) is 0.0625. The van der Waals surface area contributed by atoms with E-state index in [2.05, 4.69) is 122 Å². The third kappa shape index (κ3) is 2.79. The largest absolute Gasteiger partial charge is 0.309 e. The number of hydrogen-bond acceptors (Lipinski definition) is 1. The van der Waals surface area contributed by atoms with E-state index in [-0.39, 0.29) is 0 Å². The number of aromatic nitrogens is 1. The summed E-state index contributed by atoms with van der Waals surface area (Å²) in [6, 6.07) is 37.8. The quantitative estimate of drug-likeness (QED) is 0.246. The van der Waals surface area contributed by atoms with Gasteiger partial charge >= 0.3 is 0 Å². The molecule has 7 rings (SSSR count). The molecule has 2 aromatic heterocycles. The smallest absolute Gasteiger partial charge is 0.0547 e. The summed E-state index contributed by atoms with van der Waals surface area (Å²) in [5.41, 5.74) is 8.94. The van der Waals surface area contributed by atoms with Gasteiger partial charge in [-0.3, -0.25) is 0 Å². The Hall–Kier alpha value is -3.88. The lowest BCUT2D eigenvalue weighted by Crippen LogP contribution is -1.93. The molecule has 0 unspecified atom stereocenters. The predicted molar refractivity (Wildman–Crippen MR) is 149 cm³/mol. The first-order chi connectivity index (χ1) is 16.7. The van der Waals surface area contributed by atoms with Gasteiger partial charge in [0, 0.05) is 36.6 Å². The Morgan fingerprint density at radius 2 is 1.32 bits per heavy atom. The molecule has 0 fully saturated rings. The lowest BCUT2D eigenvalue weighted by atomic mass is 10.00. The van der Waals surface area contributed by atoms with E-state index in [1.807, 2.05) is 11.3 Å². The summed E-state index contributed by atoms with van der Waals surface area (Å²) in [5, 5.41) is 5.31. The van der Waals surface area contributed by atoms with Gasteiger partial charge in [-0.1, -0.05) is 78.4 Å². The molecule has 2 heteroatoms. The molecule has 1 nitrogen and oxygen atoms in total. The van der Waals surface area contributed by atoms with Gasteiger partial charge in [0.1, 0.15) is 0 Å². The Bertz CT molecular complexity index is 1870. The van der Waals surface area contributed by atoms with Crippen LogP contribution in [0.3, 0.4) is 0 Å². The van der Waals surface area contributed by atoms with E-state index in [1.165, 1.54) is 69.9 Å². The van der Waals surface area contributed by atoms with Gasteiger partial charge in [0.2, 0.25) is 0 Å². The molecule has 0 aliphatic rings. The number of para-hydroxylation sites is 2. The summed E-state index contributed by atoms with van der Waals surface area (Å²) in [5.74, 6) is 0. The van der Waals surface area contributed by atoms with Crippen LogP contribution in [0.4, 0.5) is 0 Å². The molecular weight excluding hydrogens is 430 g/mol. The second-order valence-corrected chi connectivity index (χ2v) is 10.2. The van der Waals surface area contributed by atoms with Crippen LogP contribution < -0.4 is 0 Å². The van der Waals surface area contributed by atoms with E-state index in [0.717, 1.165) is 0 Å². The molecule has 34 heavy (non-hydrogen) atoms. The molecule has 0 spiro atoms. The fourth-order valence-electron chi connectivity index (χ4n) is 5.47. The highest BCUT2D eigenvalue weighted by atomic mass is 32.1. The summed E-state index contributed by atoms with van der Waals surface area (Å²) < 4.78 is 5.16. The van der Waals surface area contributed by atoms with Crippen LogP contribution in [0.5, 0.6) is 0 Å². The van der Waals surface area contributed by atoms with Crippen molar-refractivity contribution >= 4 is 53.3 Å². The number of aryl methyl sites for hydroxylation is 2. The van der Waals surface area contributed by atoms with Crippen molar-refractivity contribution in [2.24, 2.45) is 0 Å². The molecule has 0 radical (unpaired) electrons. The Labute approximate surface area is 202 Å². The third-order valence-electron chi connectivity index (χ3n) is 6.93. The third-order valence-corrected chi connectivity index (χ3v) is 8.32. The average molecular weight is 454 g/mol. The normalized spacial score (nSPS) is 11.8. The lowest BCUT2D eigenvalue weighted by Gasteiger charge is -2.09. The van der Waals surface area contributed by atoms with Crippen LogP contribution in [0.1, 0.15) is 11.1 Å². The van der Waals surface area contributed by atoms with Gasteiger partial charge in [-0.25, -0.2) is 0 Å². The number of fused-ring (bicyclic) bond motifs is 6. The lowest BCUT2D eigenvalue weighted by molar-refractivity contribution is 1.18. The minimum absolute atomic E-state index is 1.19. The highest BCUT2D eigenvalue weighted by Crippen LogP contribution is 2.43. The zero-order valence-electron chi connectivity index (χ0n) is 19.2. The summed E-state index contributed by atoms with van der Waals surface area (Å²) in [4.78, 5) is 0. The van der Waals surface area contributed by atoms with E-state index in [4.69, 9.17) is 0 Å². The Balaban J connectivity index is 1.55. The van der Waals surface area contributed by atoms with E-state index in [1.54, 1.807) is 0 Å². The first-order valence-electron chi connectivity index (χ1n) is 11.7. The maximum Gasteiger partial charge on any atom is 0.0547 e. The highest BCUT2D eigenvalue weighted by Gasteiger charge is 2.16. The summed E-state index contributed by atoms with van der Waals surface area (Å²) in [7, 11) is 0. The second-order valence-electron chi connectivity index (χ2n) is 9.16. The molecule has 0 aliphatic carbocycles. The zero-order valence-corrected chi connectivity index (χ0v) is 20.0. The fourth-order valence-corrected chi connectivity index (χ4v) is 6.76. The predicted octanol–water partition coefficient (Wildman–Crippen LogP) is 9.44. The summed E-state index contributed by atoms with van der Waals surface area (Å²) >= 11 is 1.92. The first-order valence-corrected chi connectivity index (χ1v) is 12.5. The molecule has 0 N–H and O–H groups in total. The molecule has 5 aromatic carbocycles. The minimum Gasteiger partial charge on any atom is -0.309 e. The van der Waals surface area contributed by atoms with E-state index < -0.39 is 0 Å². The van der Waals surface area contributed by atoms with Gasteiger partial charge in [-0.15, -0.1) is 11.3 Å². The van der Waals surface area contributed by atoms with Crippen molar-refractivity contribution in [3.63, 3.8) is 0 Å². The molecule has 0 bridgehead atoms. The second kappa shape index (κ2) is 7.31. The van der Waals surface area contributed by atoms with Crippen molar-refractivity contribution in [3.05, 3.63) is 114 Å². The van der Waals surface area contributed by atoms with Crippen LogP contribution in [0.2, 0.25) is 0 Å². The molecule has 0 saturated heterocycles. The van der Waals surface area contributed by atoms with Gasteiger partial charge in [0.05, 0.1) is 11.0 Å². The minimum atomic E-state index is 1.19. The molecule has 0 atom stereocenters. The maximum absolute atomic E-state index is 2.40. The van der Waals surface area contributed by atoms with Crippen LogP contribution >= 0.6 is 11.3 Å². The SMILES string of the molecule is Cc1cc(C)c2sc3c(-c4ccc5c6ccccc6n(-c6ccccc6)c5c4)cccc3c2c1. The standard InChI is InChI=1S/C32H23NS/c1-20-17-21(2)31-28(18-20)27-13-8-12-24(32(27)34-31)22-15-16-26-25-11-6-7-14-29(25)33(30(26)19-22)23-9-4-3-5-10-23/h3-19H,1-2H3. The van der Waals surface area contributed by atoms with E-state index in [9.17, 15) is 0 Å². The van der Waals surface area contributed by atoms with Crippen molar-refractivity contribution in [1.82, 2.24) is 4.57 Å². The molecule has 2 heterocycles. The Morgan fingerprint density at radius 1 is 0.559 bits per heavy atom. The van der Waals surface area contributed by atoms with Gasteiger partial charge in [0.25, 0.3) is 0 Å². The summed E-state index contributed by atoms with van der Waals surface area (Å²) in [6.45, 7) is 4.42. The van der Waals surface area contributed by atoms with Crippen LogP contribution in [0.25, 0.3) is 58.8 Å². The van der Waals surface area contributed by atoms with Crippen molar-refractivity contribution in [2.45, 2.75) is 13.8 Å². The maximum atomic E-state index is 2.40. The van der Waals surface area contributed by atoms with Gasteiger partial charge < -0.3 is 4.57 Å². The zero-order chi connectivity index (χ0) is 22.8. The number of nitrogens with zero attached hydrogens (tertiary/aromatic N) is 1. The monoisotopic (exact) mass is 453 g/mol. The molecule has 162 valence electrons. The van der Waals surface area contributed by atoms with Crippen molar-refractivity contribution in [3.8, 4) is 16.8 Å². The topological polar surface area (TPSA) is 4.93 Å². The van der Waals surface area contributed by atoms with Crippen LogP contribution in [-0.2, 0) is 0 Å². The number of hydrogen-bond donors (Lipinski definition) is 0. The Morgan fingerprint density at radius 3 is 2.21 bits per heavy atom. The molecule has 0 saturated carbocycles. The number of rotatable bonds is 2. The Kier molecular flexibility index (Phi) is 4.21.